The molecule has 1 aromatic rings. The predicted octanol–water partition coefficient (Wildman–Crippen LogP) is 3.60. The van der Waals surface area contributed by atoms with E-state index in [1.165, 1.54) is 25.7 Å². The minimum atomic E-state index is 0.747. The average molecular weight is 238 g/mol. The van der Waals surface area contributed by atoms with Gasteiger partial charge in [0, 0.05) is 0 Å². The summed E-state index contributed by atoms with van der Waals surface area (Å²) in [6.07, 6.45) is 5.19. The van der Waals surface area contributed by atoms with Crippen molar-refractivity contribution in [3.63, 3.8) is 0 Å². The van der Waals surface area contributed by atoms with Crippen molar-refractivity contribution >= 4 is 0 Å². The van der Waals surface area contributed by atoms with Crippen molar-refractivity contribution in [2.24, 2.45) is 5.92 Å². The summed E-state index contributed by atoms with van der Waals surface area (Å²) in [5, 5.41) is 3.45. The van der Waals surface area contributed by atoms with E-state index in [1.54, 1.807) is 0 Å². The van der Waals surface area contributed by atoms with Gasteiger partial charge in [-0.2, -0.15) is 0 Å². The van der Waals surface area contributed by atoms with E-state index in [1.807, 2.05) is 13.8 Å². The van der Waals surface area contributed by atoms with E-state index in [0.29, 0.717) is 0 Å². The molecule has 1 heterocycles. The Bertz CT molecular complexity index is 301. The zero-order valence-electron chi connectivity index (χ0n) is 11.7. The third kappa shape index (κ3) is 4.90. The summed E-state index contributed by atoms with van der Waals surface area (Å²) in [6, 6.07) is 0. The van der Waals surface area contributed by atoms with E-state index < -0.39 is 0 Å². The standard InChI is InChI=1S/C14H26N2O/c1-5-7-8-13(6-2)9-15-10-14-16-11(3)12(4)17-14/h13,15H,5-10H2,1-4H3. The van der Waals surface area contributed by atoms with E-state index >= 15 is 0 Å². The molecule has 1 N–H and O–H groups in total. The van der Waals surface area contributed by atoms with Crippen molar-refractivity contribution in [3.05, 3.63) is 17.3 Å². The van der Waals surface area contributed by atoms with Crippen molar-refractivity contribution in [1.29, 1.82) is 0 Å². The lowest BCUT2D eigenvalue weighted by molar-refractivity contribution is 0.393. The summed E-state index contributed by atoms with van der Waals surface area (Å²) in [5.74, 6) is 2.53. The monoisotopic (exact) mass is 238 g/mol. The number of unbranched alkanes of at least 4 members (excludes halogenated alkanes) is 1. The van der Waals surface area contributed by atoms with Crippen LogP contribution in [0.15, 0.2) is 4.42 Å². The highest BCUT2D eigenvalue weighted by atomic mass is 16.4. The van der Waals surface area contributed by atoms with Crippen LogP contribution in [0.3, 0.4) is 0 Å². The van der Waals surface area contributed by atoms with Crippen LogP contribution in [0.25, 0.3) is 0 Å². The summed E-state index contributed by atoms with van der Waals surface area (Å²) >= 11 is 0. The van der Waals surface area contributed by atoms with Crippen molar-refractivity contribution in [1.82, 2.24) is 10.3 Å². The first-order valence-corrected chi connectivity index (χ1v) is 6.81. The summed E-state index contributed by atoms with van der Waals surface area (Å²) in [7, 11) is 0. The smallest absolute Gasteiger partial charge is 0.208 e. The second-order valence-electron chi connectivity index (χ2n) is 4.80. The molecule has 0 amide bonds. The molecular weight excluding hydrogens is 212 g/mol. The number of oxazole rings is 1. The Morgan fingerprint density at radius 2 is 2.06 bits per heavy atom. The molecule has 0 aliphatic carbocycles. The summed E-state index contributed by atoms with van der Waals surface area (Å²) in [5.41, 5.74) is 1.000. The summed E-state index contributed by atoms with van der Waals surface area (Å²) in [6.45, 7) is 10.3. The van der Waals surface area contributed by atoms with Crippen molar-refractivity contribution in [2.75, 3.05) is 6.54 Å². The highest BCUT2D eigenvalue weighted by Gasteiger charge is 2.08. The van der Waals surface area contributed by atoms with Crippen LogP contribution < -0.4 is 5.32 Å². The molecule has 1 rings (SSSR count). The van der Waals surface area contributed by atoms with E-state index in [0.717, 1.165) is 36.4 Å². The molecule has 0 aliphatic heterocycles. The lowest BCUT2D eigenvalue weighted by Crippen LogP contribution is -2.22. The van der Waals surface area contributed by atoms with Gasteiger partial charge >= 0.3 is 0 Å². The molecule has 3 nitrogen and oxygen atoms in total. The maximum Gasteiger partial charge on any atom is 0.208 e. The van der Waals surface area contributed by atoms with Gasteiger partial charge in [-0.1, -0.05) is 33.1 Å². The topological polar surface area (TPSA) is 38.1 Å². The second kappa shape index (κ2) is 7.49. The summed E-state index contributed by atoms with van der Waals surface area (Å²) < 4.78 is 5.54. The van der Waals surface area contributed by atoms with Crippen molar-refractivity contribution in [3.8, 4) is 0 Å². The average Bonchev–Trinajstić information content (AvgIpc) is 2.63. The molecule has 0 fully saturated rings. The first kappa shape index (κ1) is 14.2. The van der Waals surface area contributed by atoms with E-state index in [-0.39, 0.29) is 0 Å². The fourth-order valence-electron chi connectivity index (χ4n) is 1.94. The number of aromatic nitrogens is 1. The van der Waals surface area contributed by atoms with Crippen LogP contribution in [0.1, 0.15) is 56.9 Å². The fourth-order valence-corrected chi connectivity index (χ4v) is 1.94. The number of aryl methyl sites for hydroxylation is 2. The maximum absolute atomic E-state index is 5.54. The van der Waals surface area contributed by atoms with Gasteiger partial charge in [-0.05, 0) is 32.7 Å². The lowest BCUT2D eigenvalue weighted by atomic mass is 9.99. The Morgan fingerprint density at radius 3 is 2.59 bits per heavy atom. The lowest BCUT2D eigenvalue weighted by Gasteiger charge is -2.14. The quantitative estimate of drug-likeness (QED) is 0.752. The van der Waals surface area contributed by atoms with Gasteiger partial charge in [0.1, 0.15) is 5.76 Å². The zero-order valence-corrected chi connectivity index (χ0v) is 11.7. The molecule has 0 aliphatic rings. The van der Waals surface area contributed by atoms with E-state index in [9.17, 15) is 0 Å². The first-order chi connectivity index (χ1) is 8.17. The number of hydrogen-bond donors (Lipinski definition) is 1. The molecule has 0 aromatic carbocycles. The van der Waals surface area contributed by atoms with Crippen molar-refractivity contribution in [2.45, 2.75) is 59.9 Å². The molecule has 0 spiro atoms. The van der Waals surface area contributed by atoms with Crippen LogP contribution in [0.5, 0.6) is 0 Å². The first-order valence-electron chi connectivity index (χ1n) is 6.81. The van der Waals surface area contributed by atoms with Gasteiger partial charge < -0.3 is 9.73 Å². The zero-order chi connectivity index (χ0) is 12.7. The largest absolute Gasteiger partial charge is 0.444 e. The predicted molar refractivity (Wildman–Crippen MR) is 71.0 cm³/mol. The molecule has 0 saturated carbocycles. The van der Waals surface area contributed by atoms with Crippen LogP contribution in [0.4, 0.5) is 0 Å². The Morgan fingerprint density at radius 1 is 1.29 bits per heavy atom. The molecule has 0 saturated heterocycles. The molecule has 0 radical (unpaired) electrons. The number of hydrogen-bond acceptors (Lipinski definition) is 3. The normalized spacial score (nSPS) is 12.9. The highest BCUT2D eigenvalue weighted by Crippen LogP contribution is 2.12. The Labute approximate surface area is 105 Å². The molecule has 3 heteroatoms. The maximum atomic E-state index is 5.54. The Hall–Kier alpha value is -0.830. The number of nitrogens with zero attached hydrogens (tertiary/aromatic N) is 1. The molecule has 1 unspecified atom stereocenters. The van der Waals surface area contributed by atoms with Gasteiger partial charge in [0.2, 0.25) is 5.89 Å². The Balaban J connectivity index is 2.26. The van der Waals surface area contributed by atoms with Crippen LogP contribution in [0.2, 0.25) is 0 Å². The summed E-state index contributed by atoms with van der Waals surface area (Å²) in [4.78, 5) is 4.37. The molecule has 98 valence electrons. The van der Waals surface area contributed by atoms with Gasteiger partial charge in [0.15, 0.2) is 0 Å². The molecule has 0 bridgehead atoms. The van der Waals surface area contributed by atoms with Crippen LogP contribution in [-0.2, 0) is 6.54 Å². The van der Waals surface area contributed by atoms with Gasteiger partial charge in [0.25, 0.3) is 0 Å². The van der Waals surface area contributed by atoms with Crippen LogP contribution in [0, 0.1) is 19.8 Å². The number of nitrogens with one attached hydrogen (secondary N) is 1. The molecule has 1 aromatic heterocycles. The number of rotatable bonds is 8. The van der Waals surface area contributed by atoms with Gasteiger partial charge in [-0.15, -0.1) is 0 Å². The van der Waals surface area contributed by atoms with E-state index in [4.69, 9.17) is 4.42 Å². The second-order valence-corrected chi connectivity index (χ2v) is 4.80. The van der Waals surface area contributed by atoms with Crippen molar-refractivity contribution < 1.29 is 4.42 Å². The third-order valence-corrected chi connectivity index (χ3v) is 3.33. The highest BCUT2D eigenvalue weighted by molar-refractivity contribution is 5.05. The minimum absolute atomic E-state index is 0.747. The van der Waals surface area contributed by atoms with Gasteiger partial charge in [0.05, 0.1) is 12.2 Å². The van der Waals surface area contributed by atoms with Gasteiger partial charge in [-0.25, -0.2) is 4.98 Å². The minimum Gasteiger partial charge on any atom is -0.444 e. The van der Waals surface area contributed by atoms with E-state index in [2.05, 4.69) is 24.1 Å². The third-order valence-electron chi connectivity index (χ3n) is 3.33. The fraction of sp³-hybridized carbons (Fsp3) is 0.786. The molecular formula is C14H26N2O. The SMILES string of the molecule is CCCCC(CC)CNCc1nc(C)c(C)o1. The Kier molecular flexibility index (Phi) is 6.27. The van der Waals surface area contributed by atoms with Crippen LogP contribution >= 0.6 is 0 Å². The van der Waals surface area contributed by atoms with Gasteiger partial charge in [-0.3, -0.25) is 0 Å². The molecule has 17 heavy (non-hydrogen) atoms. The van der Waals surface area contributed by atoms with Crippen LogP contribution in [-0.4, -0.2) is 11.5 Å². The molecule has 1 atom stereocenters.